The molecule has 0 heterocycles. The summed E-state index contributed by atoms with van der Waals surface area (Å²) < 4.78 is 5.38. The number of hydrogen-bond acceptors (Lipinski definition) is 2. The Labute approximate surface area is 111 Å². The Balaban J connectivity index is 2.38. The first-order valence-corrected chi connectivity index (χ1v) is 6.85. The Morgan fingerprint density at radius 1 is 1.44 bits per heavy atom. The van der Waals surface area contributed by atoms with E-state index in [0.29, 0.717) is 12.0 Å². The van der Waals surface area contributed by atoms with Crippen molar-refractivity contribution in [1.29, 1.82) is 0 Å². The van der Waals surface area contributed by atoms with Crippen molar-refractivity contribution < 1.29 is 9.53 Å². The average molecular weight is 256 g/mol. The Morgan fingerprint density at radius 3 is 2.44 bits per heavy atom. The molecule has 0 aromatic rings. The van der Waals surface area contributed by atoms with Crippen molar-refractivity contribution in [1.82, 2.24) is 10.2 Å². The highest BCUT2D eigenvalue weighted by atomic mass is 16.5. The van der Waals surface area contributed by atoms with Gasteiger partial charge in [0.1, 0.15) is 0 Å². The smallest absolute Gasteiger partial charge is 0.317 e. The molecule has 0 spiro atoms. The minimum atomic E-state index is -0.201. The molecule has 4 nitrogen and oxygen atoms in total. The van der Waals surface area contributed by atoms with Crippen molar-refractivity contribution in [2.75, 3.05) is 14.2 Å². The topological polar surface area (TPSA) is 41.6 Å². The van der Waals surface area contributed by atoms with Crippen LogP contribution in [0.1, 0.15) is 47.0 Å². The van der Waals surface area contributed by atoms with E-state index < -0.39 is 0 Å². The summed E-state index contributed by atoms with van der Waals surface area (Å²) in [5.41, 5.74) is -0.201. The molecule has 0 aromatic heterocycles. The van der Waals surface area contributed by atoms with E-state index in [9.17, 15) is 4.79 Å². The molecule has 1 rings (SSSR count). The summed E-state index contributed by atoms with van der Waals surface area (Å²) in [6, 6.07) is 0.475. The molecule has 4 heteroatoms. The first-order chi connectivity index (χ1) is 8.26. The number of rotatable bonds is 6. The van der Waals surface area contributed by atoms with Gasteiger partial charge in [0, 0.05) is 26.2 Å². The molecule has 0 unspecified atom stereocenters. The Bertz CT molecular complexity index is 288. The maximum absolute atomic E-state index is 12.1. The predicted molar refractivity (Wildman–Crippen MR) is 73.6 cm³/mol. The van der Waals surface area contributed by atoms with Gasteiger partial charge in [-0.2, -0.15) is 0 Å². The van der Waals surface area contributed by atoms with Crippen molar-refractivity contribution in [3.63, 3.8) is 0 Å². The highest BCUT2D eigenvalue weighted by molar-refractivity contribution is 5.74. The van der Waals surface area contributed by atoms with Gasteiger partial charge < -0.3 is 15.0 Å². The number of carbonyl (C=O) groups is 1. The number of nitrogens with zero attached hydrogens (tertiary/aromatic N) is 1. The lowest BCUT2D eigenvalue weighted by Crippen LogP contribution is -2.48. The molecule has 0 aliphatic heterocycles. The average Bonchev–Trinajstić information content (AvgIpc) is 3.09. The highest BCUT2D eigenvalue weighted by Gasteiger charge is 2.33. The number of urea groups is 1. The zero-order valence-corrected chi connectivity index (χ0v) is 12.6. The van der Waals surface area contributed by atoms with Crippen LogP contribution in [-0.4, -0.2) is 42.8 Å². The predicted octanol–water partition coefficient (Wildman–Crippen LogP) is 2.63. The molecule has 0 saturated heterocycles. The quantitative estimate of drug-likeness (QED) is 0.793. The van der Waals surface area contributed by atoms with Gasteiger partial charge in [0.15, 0.2) is 0 Å². The second kappa shape index (κ2) is 5.91. The van der Waals surface area contributed by atoms with Crippen LogP contribution in [0.4, 0.5) is 4.79 Å². The molecule has 1 aliphatic rings. The fourth-order valence-electron chi connectivity index (χ4n) is 2.26. The molecule has 0 bridgehead atoms. The van der Waals surface area contributed by atoms with Crippen molar-refractivity contribution in [2.24, 2.45) is 5.92 Å². The Morgan fingerprint density at radius 2 is 2.00 bits per heavy atom. The molecule has 1 aliphatic carbocycles. The van der Waals surface area contributed by atoms with Gasteiger partial charge in [-0.25, -0.2) is 4.79 Å². The van der Waals surface area contributed by atoms with Gasteiger partial charge in [0.25, 0.3) is 0 Å². The standard InChI is InChI=1S/C14H28N2O2/c1-10(9-14(3,4)18-6)15-13(17)16(5)11(2)12-7-8-12/h10-12H,7-9H2,1-6H3,(H,15,17)/t10-,11+/m0/s1. The fourth-order valence-corrected chi connectivity index (χ4v) is 2.26. The molecule has 0 radical (unpaired) electrons. The van der Waals surface area contributed by atoms with Crippen LogP contribution in [0.15, 0.2) is 0 Å². The first kappa shape index (κ1) is 15.3. The zero-order valence-electron chi connectivity index (χ0n) is 12.6. The van der Waals surface area contributed by atoms with E-state index >= 15 is 0 Å². The molecule has 2 atom stereocenters. The van der Waals surface area contributed by atoms with E-state index in [1.54, 1.807) is 7.11 Å². The van der Waals surface area contributed by atoms with Crippen LogP contribution in [-0.2, 0) is 4.74 Å². The van der Waals surface area contributed by atoms with E-state index in [0.717, 1.165) is 6.42 Å². The second-order valence-corrected chi connectivity index (χ2v) is 6.21. The first-order valence-electron chi connectivity index (χ1n) is 6.85. The minimum Gasteiger partial charge on any atom is -0.379 e. The van der Waals surface area contributed by atoms with Crippen molar-refractivity contribution in [3.05, 3.63) is 0 Å². The van der Waals surface area contributed by atoms with Crippen LogP contribution in [0.25, 0.3) is 0 Å². The highest BCUT2D eigenvalue weighted by Crippen LogP contribution is 2.34. The number of amides is 2. The number of carbonyl (C=O) groups excluding carboxylic acids is 1. The van der Waals surface area contributed by atoms with Crippen LogP contribution in [0.3, 0.4) is 0 Å². The minimum absolute atomic E-state index is 0.0220. The molecule has 1 saturated carbocycles. The van der Waals surface area contributed by atoms with Gasteiger partial charge in [-0.1, -0.05) is 0 Å². The van der Waals surface area contributed by atoms with Crippen LogP contribution < -0.4 is 5.32 Å². The summed E-state index contributed by atoms with van der Waals surface area (Å²) in [4.78, 5) is 13.9. The lowest BCUT2D eigenvalue weighted by atomic mass is 10.00. The fraction of sp³-hybridized carbons (Fsp3) is 0.929. The molecule has 106 valence electrons. The summed E-state index contributed by atoms with van der Waals surface area (Å²) >= 11 is 0. The van der Waals surface area contributed by atoms with Crippen molar-refractivity contribution >= 4 is 6.03 Å². The normalized spacial score (nSPS) is 19.2. The van der Waals surface area contributed by atoms with Crippen molar-refractivity contribution in [3.8, 4) is 0 Å². The Hall–Kier alpha value is -0.770. The molecule has 1 fully saturated rings. The third kappa shape index (κ3) is 4.48. The van der Waals surface area contributed by atoms with E-state index in [1.165, 1.54) is 12.8 Å². The van der Waals surface area contributed by atoms with Crippen LogP contribution in [0, 0.1) is 5.92 Å². The molecule has 1 N–H and O–H groups in total. The van der Waals surface area contributed by atoms with Gasteiger partial charge in [0.05, 0.1) is 5.60 Å². The van der Waals surface area contributed by atoms with Crippen LogP contribution >= 0.6 is 0 Å². The second-order valence-electron chi connectivity index (χ2n) is 6.21. The van der Waals surface area contributed by atoms with Gasteiger partial charge in [-0.05, 0) is 52.9 Å². The van der Waals surface area contributed by atoms with Gasteiger partial charge in [-0.3, -0.25) is 0 Å². The van der Waals surface area contributed by atoms with Gasteiger partial charge in [-0.15, -0.1) is 0 Å². The maximum Gasteiger partial charge on any atom is 0.317 e. The molecular formula is C14H28N2O2. The third-order valence-electron chi connectivity index (χ3n) is 3.96. The molecular weight excluding hydrogens is 228 g/mol. The van der Waals surface area contributed by atoms with Crippen LogP contribution in [0.5, 0.6) is 0 Å². The van der Waals surface area contributed by atoms with Crippen LogP contribution in [0.2, 0.25) is 0 Å². The van der Waals surface area contributed by atoms with E-state index in [-0.39, 0.29) is 17.7 Å². The maximum atomic E-state index is 12.1. The summed E-state index contributed by atoms with van der Waals surface area (Å²) in [5.74, 6) is 0.700. The Kier molecular flexibility index (Phi) is 5.02. The van der Waals surface area contributed by atoms with E-state index in [4.69, 9.17) is 4.74 Å². The summed E-state index contributed by atoms with van der Waals surface area (Å²) in [6.45, 7) is 8.22. The zero-order chi connectivity index (χ0) is 13.9. The SMILES string of the molecule is COC(C)(C)C[C@H](C)NC(=O)N(C)[C@H](C)C1CC1. The monoisotopic (exact) mass is 256 g/mol. The molecule has 0 aromatic carbocycles. The van der Waals surface area contributed by atoms with E-state index in [2.05, 4.69) is 12.2 Å². The van der Waals surface area contributed by atoms with Gasteiger partial charge in [0.2, 0.25) is 0 Å². The number of nitrogens with one attached hydrogen (secondary N) is 1. The molecule has 2 amide bonds. The summed E-state index contributed by atoms with van der Waals surface area (Å²) in [6.07, 6.45) is 3.32. The van der Waals surface area contributed by atoms with E-state index in [1.807, 2.05) is 32.7 Å². The third-order valence-corrected chi connectivity index (χ3v) is 3.96. The summed E-state index contributed by atoms with van der Waals surface area (Å²) in [7, 11) is 3.59. The largest absolute Gasteiger partial charge is 0.379 e. The number of ether oxygens (including phenoxy) is 1. The summed E-state index contributed by atoms with van der Waals surface area (Å²) in [5, 5.41) is 3.04. The lowest BCUT2D eigenvalue weighted by Gasteiger charge is -2.30. The van der Waals surface area contributed by atoms with Crippen molar-refractivity contribution in [2.45, 2.75) is 64.6 Å². The number of hydrogen-bond donors (Lipinski definition) is 1. The van der Waals surface area contributed by atoms with Gasteiger partial charge >= 0.3 is 6.03 Å². The number of methoxy groups -OCH3 is 1. The lowest BCUT2D eigenvalue weighted by molar-refractivity contribution is 0.00909. The molecule has 18 heavy (non-hydrogen) atoms.